The quantitative estimate of drug-likeness (QED) is 0.779. The van der Waals surface area contributed by atoms with E-state index in [4.69, 9.17) is 0 Å². The first-order valence-electron chi connectivity index (χ1n) is 6.55. The van der Waals surface area contributed by atoms with Crippen LogP contribution in [0, 0.1) is 5.41 Å². The molecule has 92 valence electrons. The van der Waals surface area contributed by atoms with Crippen molar-refractivity contribution in [1.29, 1.82) is 0 Å². The second-order valence-corrected chi connectivity index (χ2v) is 6.50. The van der Waals surface area contributed by atoms with E-state index in [-0.39, 0.29) is 11.5 Å². The Kier molecular flexibility index (Phi) is 2.27. The van der Waals surface area contributed by atoms with Crippen molar-refractivity contribution in [1.82, 2.24) is 0 Å². The average Bonchev–Trinajstić information content (AvgIpc) is 2.80. The Morgan fingerprint density at radius 1 is 1.24 bits per heavy atom. The summed E-state index contributed by atoms with van der Waals surface area (Å²) >= 11 is 0. The van der Waals surface area contributed by atoms with Gasteiger partial charge in [0.1, 0.15) is 0 Å². The molecule has 0 spiro atoms. The van der Waals surface area contributed by atoms with E-state index in [0.29, 0.717) is 0 Å². The lowest BCUT2D eigenvalue weighted by Gasteiger charge is -2.31. The highest BCUT2D eigenvalue weighted by Gasteiger charge is 2.48. The molecule has 2 atom stereocenters. The molecule has 1 fully saturated rings. The van der Waals surface area contributed by atoms with E-state index in [2.05, 4.69) is 43.4 Å². The summed E-state index contributed by atoms with van der Waals surface area (Å²) in [6, 6.07) is 8.59. The topological polar surface area (TPSA) is 32.3 Å². The summed E-state index contributed by atoms with van der Waals surface area (Å²) in [5, 5.41) is 14.3. The fourth-order valence-corrected chi connectivity index (χ4v) is 3.48. The largest absolute Gasteiger partial charge is 0.388 e. The Hall–Kier alpha value is -1.02. The Bertz CT molecular complexity index is 415. The zero-order valence-electron chi connectivity index (χ0n) is 10.7. The number of fused-ring (bicyclic) bond motifs is 1. The monoisotopic (exact) mass is 231 g/mol. The summed E-state index contributed by atoms with van der Waals surface area (Å²) in [5.41, 5.74) is 2.31. The van der Waals surface area contributed by atoms with Gasteiger partial charge in [-0.25, -0.2) is 0 Å². The van der Waals surface area contributed by atoms with E-state index in [1.165, 1.54) is 11.3 Å². The van der Waals surface area contributed by atoms with Gasteiger partial charge in [-0.3, -0.25) is 0 Å². The molecule has 1 aromatic rings. The van der Waals surface area contributed by atoms with Crippen LogP contribution in [0.2, 0.25) is 0 Å². The highest BCUT2D eigenvalue weighted by atomic mass is 16.3. The molecular formula is C15H21NO. The Morgan fingerprint density at radius 2 is 2.00 bits per heavy atom. The number of hydrogen-bond donors (Lipinski definition) is 2. The SMILES string of the molecule is CC1(C)CCC(O)(C2Cc3ccccc3N2)C1. The second-order valence-electron chi connectivity index (χ2n) is 6.50. The fourth-order valence-electron chi connectivity index (χ4n) is 3.48. The number of benzene rings is 1. The van der Waals surface area contributed by atoms with Crippen LogP contribution >= 0.6 is 0 Å². The van der Waals surface area contributed by atoms with Crippen molar-refractivity contribution in [2.45, 2.75) is 51.2 Å². The van der Waals surface area contributed by atoms with E-state index < -0.39 is 5.60 Å². The molecule has 3 rings (SSSR count). The molecule has 2 heteroatoms. The summed E-state index contributed by atoms with van der Waals surface area (Å²) in [6.07, 6.45) is 3.91. The van der Waals surface area contributed by atoms with Crippen LogP contribution in [0.15, 0.2) is 24.3 Å². The molecule has 0 saturated heterocycles. The highest BCUT2D eigenvalue weighted by Crippen LogP contribution is 2.47. The second kappa shape index (κ2) is 3.49. The third-order valence-corrected chi connectivity index (χ3v) is 4.44. The van der Waals surface area contributed by atoms with E-state index in [0.717, 1.165) is 25.7 Å². The van der Waals surface area contributed by atoms with Gasteiger partial charge in [-0.1, -0.05) is 32.0 Å². The lowest BCUT2D eigenvalue weighted by molar-refractivity contribution is 0.0202. The van der Waals surface area contributed by atoms with Gasteiger partial charge in [0.2, 0.25) is 0 Å². The van der Waals surface area contributed by atoms with E-state index in [1.807, 2.05) is 0 Å². The van der Waals surface area contributed by atoms with Gasteiger partial charge in [0.05, 0.1) is 11.6 Å². The minimum absolute atomic E-state index is 0.196. The maximum Gasteiger partial charge on any atom is 0.0856 e. The third kappa shape index (κ3) is 1.85. The van der Waals surface area contributed by atoms with Crippen molar-refractivity contribution in [2.24, 2.45) is 5.41 Å². The van der Waals surface area contributed by atoms with Gasteiger partial charge in [-0.05, 0) is 42.7 Å². The lowest BCUT2D eigenvalue weighted by Crippen LogP contribution is -2.44. The van der Waals surface area contributed by atoms with Crippen molar-refractivity contribution < 1.29 is 5.11 Å². The molecule has 0 amide bonds. The van der Waals surface area contributed by atoms with Gasteiger partial charge in [0.15, 0.2) is 0 Å². The first-order chi connectivity index (χ1) is 7.99. The van der Waals surface area contributed by atoms with Crippen LogP contribution in [0.25, 0.3) is 0 Å². The maximum absolute atomic E-state index is 10.8. The molecule has 1 heterocycles. The first kappa shape index (κ1) is 11.1. The summed E-state index contributed by atoms with van der Waals surface area (Å²) in [7, 11) is 0. The standard InChI is InChI=1S/C15H21NO/c1-14(2)7-8-15(17,10-14)13-9-11-5-3-4-6-12(11)16-13/h3-6,13,16-17H,7-10H2,1-2H3. The number of aliphatic hydroxyl groups is 1. The number of para-hydroxylation sites is 1. The lowest BCUT2D eigenvalue weighted by atomic mass is 9.85. The zero-order chi connectivity index (χ0) is 12.1. The summed E-state index contributed by atoms with van der Waals surface area (Å²) in [4.78, 5) is 0. The van der Waals surface area contributed by atoms with Gasteiger partial charge >= 0.3 is 0 Å². The summed E-state index contributed by atoms with van der Waals surface area (Å²) in [6.45, 7) is 4.51. The molecule has 2 N–H and O–H groups in total. The van der Waals surface area contributed by atoms with Crippen LogP contribution in [-0.4, -0.2) is 16.7 Å². The van der Waals surface area contributed by atoms with Gasteiger partial charge in [-0.15, -0.1) is 0 Å². The first-order valence-corrected chi connectivity index (χ1v) is 6.55. The molecule has 2 nitrogen and oxygen atoms in total. The summed E-state index contributed by atoms with van der Waals surface area (Å²) < 4.78 is 0. The minimum atomic E-state index is -0.525. The average molecular weight is 231 g/mol. The number of anilines is 1. The Balaban J connectivity index is 1.81. The molecule has 0 radical (unpaired) electrons. The summed E-state index contributed by atoms with van der Waals surface area (Å²) in [5.74, 6) is 0. The maximum atomic E-state index is 10.8. The molecule has 0 aromatic heterocycles. The fraction of sp³-hybridized carbons (Fsp3) is 0.600. The molecule has 1 saturated carbocycles. The van der Waals surface area contributed by atoms with Crippen molar-refractivity contribution in [3.8, 4) is 0 Å². The normalized spacial score (nSPS) is 34.4. The van der Waals surface area contributed by atoms with Crippen LogP contribution in [0.5, 0.6) is 0 Å². The molecule has 1 aliphatic heterocycles. The smallest absolute Gasteiger partial charge is 0.0856 e. The van der Waals surface area contributed by atoms with Gasteiger partial charge in [0, 0.05) is 5.69 Å². The molecule has 2 aliphatic rings. The molecule has 1 aromatic carbocycles. The Labute approximate surface area is 103 Å². The molecule has 1 aliphatic carbocycles. The van der Waals surface area contributed by atoms with E-state index in [9.17, 15) is 5.11 Å². The van der Waals surface area contributed by atoms with Crippen molar-refractivity contribution in [3.63, 3.8) is 0 Å². The minimum Gasteiger partial charge on any atom is -0.388 e. The molecule has 17 heavy (non-hydrogen) atoms. The van der Waals surface area contributed by atoms with Crippen LogP contribution in [0.1, 0.15) is 38.7 Å². The highest BCUT2D eigenvalue weighted by molar-refractivity contribution is 5.57. The van der Waals surface area contributed by atoms with E-state index >= 15 is 0 Å². The van der Waals surface area contributed by atoms with Crippen LogP contribution in [0.3, 0.4) is 0 Å². The van der Waals surface area contributed by atoms with Crippen LogP contribution < -0.4 is 5.32 Å². The Morgan fingerprint density at radius 3 is 2.65 bits per heavy atom. The van der Waals surface area contributed by atoms with E-state index in [1.54, 1.807) is 0 Å². The van der Waals surface area contributed by atoms with Crippen molar-refractivity contribution >= 4 is 5.69 Å². The molecule has 0 bridgehead atoms. The van der Waals surface area contributed by atoms with Crippen molar-refractivity contribution in [2.75, 3.05) is 5.32 Å². The van der Waals surface area contributed by atoms with Crippen molar-refractivity contribution in [3.05, 3.63) is 29.8 Å². The number of nitrogens with one attached hydrogen (secondary N) is 1. The van der Waals surface area contributed by atoms with Crippen LogP contribution in [-0.2, 0) is 6.42 Å². The van der Waals surface area contributed by atoms with Gasteiger partial charge in [0.25, 0.3) is 0 Å². The predicted molar refractivity (Wildman–Crippen MR) is 70.1 cm³/mol. The third-order valence-electron chi connectivity index (χ3n) is 4.44. The van der Waals surface area contributed by atoms with Gasteiger partial charge < -0.3 is 10.4 Å². The predicted octanol–water partition coefficient (Wildman–Crippen LogP) is 2.96. The number of rotatable bonds is 1. The zero-order valence-corrected chi connectivity index (χ0v) is 10.7. The molecule has 2 unspecified atom stereocenters. The van der Waals surface area contributed by atoms with Crippen LogP contribution in [0.4, 0.5) is 5.69 Å². The number of hydrogen-bond acceptors (Lipinski definition) is 2. The van der Waals surface area contributed by atoms with Gasteiger partial charge in [-0.2, -0.15) is 0 Å². The molecular weight excluding hydrogens is 210 g/mol.